The number of aromatic nitrogens is 1. The number of aryl methyl sites for hydroxylation is 1. The number of allylic oxidation sites excluding steroid dienone is 1. The Balaban J connectivity index is 1.32. The molecular formula is C36H29ClN2O4S. The molecule has 0 radical (unpaired) electrons. The summed E-state index contributed by atoms with van der Waals surface area (Å²) in [6, 6.07) is 29.4. The van der Waals surface area contributed by atoms with Crippen LogP contribution in [0.3, 0.4) is 0 Å². The zero-order valence-electron chi connectivity index (χ0n) is 24.2. The Labute approximate surface area is 263 Å². The smallest absolute Gasteiger partial charge is 0.271 e. The van der Waals surface area contributed by atoms with E-state index in [4.69, 9.17) is 30.8 Å². The van der Waals surface area contributed by atoms with Crippen LogP contribution < -0.4 is 29.1 Å². The molecule has 220 valence electrons. The first-order valence-corrected chi connectivity index (χ1v) is 15.5. The van der Waals surface area contributed by atoms with Crippen molar-refractivity contribution in [3.63, 3.8) is 0 Å². The molecule has 0 N–H and O–H groups in total. The van der Waals surface area contributed by atoms with Crippen molar-refractivity contribution in [1.82, 2.24) is 4.57 Å². The standard InChI is InChI=1S/C36H29ClN2O4S/c1-41-26-11-7-10-24(20-26)34-28-16-15-23-8-3-5-12-27(23)33(28)38-36-39(34)35(40)32(44-36)19-22-14-17-30(31(18-22)42-2)43-21-25-9-4-6-13-29(25)37/h3-14,17-20,34H,15-16,21H2,1-2H3/b32-19+/t34-/m0/s1. The van der Waals surface area contributed by atoms with E-state index in [-0.39, 0.29) is 11.6 Å². The molecule has 5 aromatic rings. The molecule has 0 spiro atoms. The summed E-state index contributed by atoms with van der Waals surface area (Å²) >= 11 is 7.70. The highest BCUT2D eigenvalue weighted by Gasteiger charge is 2.32. The quantitative estimate of drug-likeness (QED) is 0.207. The summed E-state index contributed by atoms with van der Waals surface area (Å²) in [6.07, 6.45) is 3.62. The Hall–Kier alpha value is -4.59. The average molecular weight is 621 g/mol. The molecule has 0 fully saturated rings. The molecule has 2 heterocycles. The van der Waals surface area contributed by atoms with E-state index < -0.39 is 0 Å². The van der Waals surface area contributed by atoms with Gasteiger partial charge in [-0.15, -0.1) is 0 Å². The summed E-state index contributed by atoms with van der Waals surface area (Å²) in [5.74, 6) is 1.92. The number of rotatable bonds is 7. The van der Waals surface area contributed by atoms with Gasteiger partial charge in [0.1, 0.15) is 12.4 Å². The maximum absolute atomic E-state index is 14.1. The fraction of sp³-hybridized carbons (Fsp3) is 0.167. The van der Waals surface area contributed by atoms with Crippen molar-refractivity contribution in [2.45, 2.75) is 25.5 Å². The largest absolute Gasteiger partial charge is 0.497 e. The van der Waals surface area contributed by atoms with Crippen LogP contribution in [0.2, 0.25) is 5.02 Å². The second-order valence-electron chi connectivity index (χ2n) is 10.7. The highest BCUT2D eigenvalue weighted by Crippen LogP contribution is 2.41. The van der Waals surface area contributed by atoms with Crippen LogP contribution in [0.5, 0.6) is 17.2 Å². The maximum atomic E-state index is 14.1. The molecule has 1 aliphatic carbocycles. The van der Waals surface area contributed by atoms with E-state index in [2.05, 4.69) is 30.3 Å². The number of thiazole rings is 1. The van der Waals surface area contributed by atoms with Crippen LogP contribution in [0.25, 0.3) is 11.8 Å². The molecular weight excluding hydrogens is 592 g/mol. The van der Waals surface area contributed by atoms with Gasteiger partial charge in [0.2, 0.25) is 0 Å². The first-order chi connectivity index (χ1) is 21.5. The zero-order valence-corrected chi connectivity index (χ0v) is 25.8. The summed E-state index contributed by atoms with van der Waals surface area (Å²) in [4.78, 5) is 19.9. The first-order valence-electron chi connectivity index (χ1n) is 14.4. The second-order valence-corrected chi connectivity index (χ2v) is 12.1. The van der Waals surface area contributed by atoms with Crippen LogP contribution in [0.4, 0.5) is 0 Å². The molecule has 1 aliphatic heterocycles. The zero-order chi connectivity index (χ0) is 30.2. The predicted molar refractivity (Wildman–Crippen MR) is 175 cm³/mol. The van der Waals surface area contributed by atoms with E-state index >= 15 is 0 Å². The molecule has 1 aromatic heterocycles. The third-order valence-corrected chi connectivity index (χ3v) is 9.46. The van der Waals surface area contributed by atoms with E-state index in [1.807, 2.05) is 71.3 Å². The molecule has 8 heteroatoms. The lowest BCUT2D eigenvalue weighted by Crippen LogP contribution is -2.38. The van der Waals surface area contributed by atoms with Crippen molar-refractivity contribution in [2.75, 3.05) is 14.2 Å². The van der Waals surface area contributed by atoms with Crippen molar-refractivity contribution in [1.29, 1.82) is 0 Å². The summed E-state index contributed by atoms with van der Waals surface area (Å²) in [5, 5.41) is 0.649. The highest BCUT2D eigenvalue weighted by atomic mass is 35.5. The van der Waals surface area contributed by atoms with Crippen LogP contribution in [0.1, 0.15) is 40.3 Å². The molecule has 2 aliphatic rings. The first kappa shape index (κ1) is 28.2. The summed E-state index contributed by atoms with van der Waals surface area (Å²) < 4.78 is 19.7. The number of fused-ring (bicyclic) bond motifs is 3. The van der Waals surface area contributed by atoms with Crippen LogP contribution in [0, 0.1) is 0 Å². The van der Waals surface area contributed by atoms with Gasteiger partial charge in [0, 0.05) is 16.1 Å². The summed E-state index contributed by atoms with van der Waals surface area (Å²) in [7, 11) is 3.26. The molecule has 4 aromatic carbocycles. The molecule has 44 heavy (non-hydrogen) atoms. The van der Waals surface area contributed by atoms with E-state index in [0.29, 0.717) is 32.5 Å². The lowest BCUT2D eigenvalue weighted by atomic mass is 9.83. The fourth-order valence-electron chi connectivity index (χ4n) is 5.95. The molecule has 0 saturated heterocycles. The molecule has 1 atom stereocenters. The monoisotopic (exact) mass is 620 g/mol. The lowest BCUT2D eigenvalue weighted by Gasteiger charge is -2.31. The minimum Gasteiger partial charge on any atom is -0.497 e. The highest BCUT2D eigenvalue weighted by molar-refractivity contribution is 7.07. The van der Waals surface area contributed by atoms with Gasteiger partial charge in [-0.05, 0) is 71.5 Å². The van der Waals surface area contributed by atoms with E-state index in [1.165, 1.54) is 16.9 Å². The molecule has 0 bridgehead atoms. The molecule has 0 saturated carbocycles. The number of hydrogen-bond acceptors (Lipinski definition) is 6. The fourth-order valence-corrected chi connectivity index (χ4v) is 7.14. The second kappa shape index (κ2) is 11.8. The van der Waals surface area contributed by atoms with Crippen LogP contribution >= 0.6 is 22.9 Å². The Morgan fingerprint density at radius 1 is 0.932 bits per heavy atom. The number of halogens is 1. The van der Waals surface area contributed by atoms with Crippen molar-refractivity contribution in [3.8, 4) is 17.2 Å². The lowest BCUT2D eigenvalue weighted by molar-refractivity contribution is 0.284. The summed E-state index contributed by atoms with van der Waals surface area (Å²) in [5.41, 5.74) is 7.16. The van der Waals surface area contributed by atoms with Gasteiger partial charge in [-0.1, -0.05) is 83.6 Å². The predicted octanol–water partition coefficient (Wildman–Crippen LogP) is 6.57. The number of methoxy groups -OCH3 is 2. The van der Waals surface area contributed by atoms with Crippen LogP contribution in [-0.4, -0.2) is 18.8 Å². The number of ether oxygens (including phenoxy) is 3. The van der Waals surface area contributed by atoms with Gasteiger partial charge in [-0.3, -0.25) is 9.36 Å². The van der Waals surface area contributed by atoms with Crippen LogP contribution in [-0.2, 0) is 13.0 Å². The van der Waals surface area contributed by atoms with Crippen molar-refractivity contribution < 1.29 is 14.2 Å². The third kappa shape index (κ3) is 5.12. The van der Waals surface area contributed by atoms with Gasteiger partial charge in [0.25, 0.3) is 5.56 Å². The minimum absolute atomic E-state index is 0.0787. The third-order valence-electron chi connectivity index (χ3n) is 8.11. The minimum atomic E-state index is -0.276. The van der Waals surface area contributed by atoms with Gasteiger partial charge in [0.15, 0.2) is 16.3 Å². The van der Waals surface area contributed by atoms with Gasteiger partial charge in [-0.2, -0.15) is 0 Å². The maximum Gasteiger partial charge on any atom is 0.271 e. The van der Waals surface area contributed by atoms with E-state index in [0.717, 1.165) is 52.1 Å². The number of nitrogens with zero attached hydrogens (tertiary/aromatic N) is 2. The van der Waals surface area contributed by atoms with E-state index in [9.17, 15) is 4.79 Å². The number of hydrogen-bond donors (Lipinski definition) is 0. The normalized spacial score (nSPS) is 15.6. The Kier molecular flexibility index (Phi) is 7.58. The average Bonchev–Trinajstić information content (AvgIpc) is 3.37. The van der Waals surface area contributed by atoms with Gasteiger partial charge in [-0.25, -0.2) is 4.99 Å². The van der Waals surface area contributed by atoms with Gasteiger partial charge < -0.3 is 14.2 Å². The van der Waals surface area contributed by atoms with Gasteiger partial charge >= 0.3 is 0 Å². The topological polar surface area (TPSA) is 62.0 Å². The number of benzene rings is 4. The molecule has 0 unspecified atom stereocenters. The van der Waals surface area contributed by atoms with Gasteiger partial charge in [0.05, 0.1) is 30.5 Å². The van der Waals surface area contributed by atoms with Crippen LogP contribution in [0.15, 0.2) is 106 Å². The summed E-state index contributed by atoms with van der Waals surface area (Å²) in [6.45, 7) is 0.312. The van der Waals surface area contributed by atoms with Crippen molar-refractivity contribution in [3.05, 3.63) is 149 Å². The van der Waals surface area contributed by atoms with Crippen molar-refractivity contribution >= 4 is 34.7 Å². The Morgan fingerprint density at radius 2 is 1.77 bits per heavy atom. The Bertz CT molecular complexity index is 2110. The molecule has 0 amide bonds. The van der Waals surface area contributed by atoms with Crippen molar-refractivity contribution in [2.24, 2.45) is 4.99 Å². The molecule has 7 rings (SSSR count). The Morgan fingerprint density at radius 3 is 2.61 bits per heavy atom. The molecule has 6 nitrogen and oxygen atoms in total. The van der Waals surface area contributed by atoms with E-state index in [1.54, 1.807) is 14.2 Å². The SMILES string of the molecule is COc1cccc([C@H]2C3=C(N=c4s/c(=C/c5ccc(OCc6ccccc6Cl)c(OC)c5)c(=O)n42)c2ccccc2CC3)c1.